The molecule has 16 heavy (non-hydrogen) atoms. The minimum absolute atomic E-state index is 0.182. The number of nitrogens with zero attached hydrogens (tertiary/aromatic N) is 2. The van der Waals surface area contributed by atoms with Crippen LogP contribution in [-0.2, 0) is 10.0 Å². The van der Waals surface area contributed by atoms with Gasteiger partial charge >= 0.3 is 0 Å². The van der Waals surface area contributed by atoms with Crippen LogP contribution >= 0.6 is 0 Å². The van der Waals surface area contributed by atoms with Crippen LogP contribution in [-0.4, -0.2) is 18.2 Å². The highest BCUT2D eigenvalue weighted by atomic mass is 32.2. The smallest absolute Gasteiger partial charge is 0.223 e. The van der Waals surface area contributed by atoms with E-state index in [0.29, 0.717) is 5.69 Å². The minimum atomic E-state index is -3.87. The summed E-state index contributed by atoms with van der Waals surface area (Å²) < 4.78 is 36.4. The van der Waals surface area contributed by atoms with Gasteiger partial charge in [0.2, 0.25) is 0 Å². The first-order valence-electron chi connectivity index (χ1n) is 4.31. The molecule has 84 valence electrons. The molecule has 2 aromatic rings. The predicted molar refractivity (Wildman–Crippen MR) is 54.9 cm³/mol. The van der Waals surface area contributed by atoms with Gasteiger partial charge in [0, 0.05) is 0 Å². The first-order chi connectivity index (χ1) is 7.48. The van der Waals surface area contributed by atoms with E-state index in [1.807, 2.05) is 0 Å². The van der Waals surface area contributed by atoms with E-state index in [2.05, 4.69) is 5.10 Å². The highest BCUT2D eigenvalue weighted by molar-refractivity contribution is 7.89. The second kappa shape index (κ2) is 3.69. The summed E-state index contributed by atoms with van der Waals surface area (Å²) in [6.07, 6.45) is 1.28. The van der Waals surface area contributed by atoms with Gasteiger partial charge in [0.15, 0.2) is 5.03 Å². The van der Waals surface area contributed by atoms with Gasteiger partial charge in [-0.1, -0.05) is 6.07 Å². The summed E-state index contributed by atoms with van der Waals surface area (Å²) in [6, 6.07) is 6.66. The average Bonchev–Trinajstić information content (AvgIpc) is 2.65. The van der Waals surface area contributed by atoms with Crippen molar-refractivity contribution >= 4 is 10.0 Å². The predicted octanol–water partition coefficient (Wildman–Crippen LogP) is 0.659. The SMILES string of the molecule is NS(=O)(=O)c1ccnn1-c1cccc(F)c1. The van der Waals surface area contributed by atoms with Crippen LogP contribution in [0.2, 0.25) is 0 Å². The molecule has 0 radical (unpaired) electrons. The van der Waals surface area contributed by atoms with Crippen molar-refractivity contribution in [3.63, 3.8) is 0 Å². The van der Waals surface area contributed by atoms with Gasteiger partial charge in [-0.05, 0) is 24.3 Å². The number of aromatic nitrogens is 2. The van der Waals surface area contributed by atoms with E-state index >= 15 is 0 Å². The molecule has 7 heteroatoms. The molecule has 2 N–H and O–H groups in total. The first kappa shape index (κ1) is 10.8. The van der Waals surface area contributed by atoms with Gasteiger partial charge in [0.1, 0.15) is 5.82 Å². The zero-order valence-electron chi connectivity index (χ0n) is 8.04. The quantitative estimate of drug-likeness (QED) is 0.838. The molecule has 0 atom stereocenters. The second-order valence-electron chi connectivity index (χ2n) is 3.11. The van der Waals surface area contributed by atoms with Crippen molar-refractivity contribution in [1.29, 1.82) is 0 Å². The van der Waals surface area contributed by atoms with Crippen molar-refractivity contribution in [3.8, 4) is 5.69 Å². The lowest BCUT2D eigenvalue weighted by molar-refractivity contribution is 0.586. The Labute approximate surface area is 91.4 Å². The summed E-state index contributed by atoms with van der Waals surface area (Å²) in [5.74, 6) is -0.478. The van der Waals surface area contributed by atoms with E-state index in [1.54, 1.807) is 0 Å². The second-order valence-corrected chi connectivity index (χ2v) is 4.61. The molecular formula is C9H8FN3O2S. The molecule has 0 unspecified atom stereocenters. The lowest BCUT2D eigenvalue weighted by Gasteiger charge is -2.05. The summed E-state index contributed by atoms with van der Waals surface area (Å²) in [5.41, 5.74) is 0.300. The van der Waals surface area contributed by atoms with Crippen molar-refractivity contribution in [2.75, 3.05) is 0 Å². The molecule has 0 amide bonds. The van der Waals surface area contributed by atoms with E-state index < -0.39 is 15.8 Å². The van der Waals surface area contributed by atoms with Gasteiger partial charge < -0.3 is 0 Å². The molecule has 0 saturated heterocycles. The molecule has 0 spiro atoms. The number of rotatable bonds is 2. The summed E-state index contributed by atoms with van der Waals surface area (Å²) >= 11 is 0. The minimum Gasteiger partial charge on any atom is -0.223 e. The van der Waals surface area contributed by atoms with Gasteiger partial charge in [-0.25, -0.2) is 22.6 Å². The lowest BCUT2D eigenvalue weighted by Crippen LogP contribution is -2.17. The van der Waals surface area contributed by atoms with Crippen LogP contribution in [0.5, 0.6) is 0 Å². The molecular weight excluding hydrogens is 233 g/mol. The van der Waals surface area contributed by atoms with Crippen molar-refractivity contribution in [3.05, 3.63) is 42.3 Å². The summed E-state index contributed by atoms with van der Waals surface area (Å²) in [6.45, 7) is 0. The van der Waals surface area contributed by atoms with Crippen LogP contribution in [0.1, 0.15) is 0 Å². The number of sulfonamides is 1. The molecule has 0 aliphatic heterocycles. The fourth-order valence-electron chi connectivity index (χ4n) is 1.31. The zero-order chi connectivity index (χ0) is 11.8. The Morgan fingerprint density at radius 3 is 2.69 bits per heavy atom. The number of benzene rings is 1. The molecule has 5 nitrogen and oxygen atoms in total. The van der Waals surface area contributed by atoms with Crippen LogP contribution in [0, 0.1) is 5.82 Å². The first-order valence-corrected chi connectivity index (χ1v) is 5.86. The Kier molecular flexibility index (Phi) is 2.49. The fourth-order valence-corrected chi connectivity index (χ4v) is 1.95. The summed E-state index contributed by atoms with van der Waals surface area (Å²) in [5, 5.41) is 8.60. The average molecular weight is 241 g/mol. The molecule has 0 bridgehead atoms. The topological polar surface area (TPSA) is 78.0 Å². The standard InChI is InChI=1S/C9H8FN3O2S/c10-7-2-1-3-8(6-7)13-9(4-5-12-13)16(11,14)15/h1-6H,(H2,11,14,15). The normalized spacial score (nSPS) is 11.6. The Morgan fingerprint density at radius 1 is 1.31 bits per heavy atom. The maximum Gasteiger partial charge on any atom is 0.255 e. The Bertz CT molecular complexity index is 621. The summed E-state index contributed by atoms with van der Waals surface area (Å²) in [7, 11) is -3.87. The Balaban J connectivity index is 2.62. The summed E-state index contributed by atoms with van der Waals surface area (Å²) in [4.78, 5) is 0. The van der Waals surface area contributed by atoms with Gasteiger partial charge in [0.05, 0.1) is 11.9 Å². The maximum atomic E-state index is 13.0. The van der Waals surface area contributed by atoms with Gasteiger partial charge in [0.25, 0.3) is 10.0 Å². The molecule has 0 aliphatic carbocycles. The Hall–Kier alpha value is -1.73. The number of hydrogen-bond donors (Lipinski definition) is 1. The molecule has 0 saturated carbocycles. The van der Waals surface area contributed by atoms with E-state index in [1.165, 1.54) is 36.5 Å². The number of primary sulfonamides is 1. The maximum absolute atomic E-state index is 13.0. The monoisotopic (exact) mass is 241 g/mol. The molecule has 2 rings (SSSR count). The van der Waals surface area contributed by atoms with Crippen LogP contribution in [0.4, 0.5) is 4.39 Å². The number of nitrogens with two attached hydrogens (primary N) is 1. The molecule has 1 heterocycles. The molecule has 1 aromatic carbocycles. The zero-order valence-corrected chi connectivity index (χ0v) is 8.86. The van der Waals surface area contributed by atoms with Crippen molar-refractivity contribution < 1.29 is 12.8 Å². The van der Waals surface area contributed by atoms with Crippen LogP contribution < -0.4 is 5.14 Å². The van der Waals surface area contributed by atoms with E-state index in [9.17, 15) is 12.8 Å². The highest BCUT2D eigenvalue weighted by Crippen LogP contribution is 2.14. The molecule has 0 aliphatic rings. The van der Waals surface area contributed by atoms with Crippen LogP contribution in [0.25, 0.3) is 5.69 Å². The van der Waals surface area contributed by atoms with E-state index in [0.717, 1.165) is 4.68 Å². The van der Waals surface area contributed by atoms with Crippen LogP contribution in [0.15, 0.2) is 41.6 Å². The van der Waals surface area contributed by atoms with Crippen molar-refractivity contribution in [2.45, 2.75) is 5.03 Å². The van der Waals surface area contributed by atoms with Gasteiger partial charge in [-0.15, -0.1) is 0 Å². The largest absolute Gasteiger partial charge is 0.255 e. The van der Waals surface area contributed by atoms with E-state index in [4.69, 9.17) is 5.14 Å². The highest BCUT2D eigenvalue weighted by Gasteiger charge is 2.15. The fraction of sp³-hybridized carbons (Fsp3) is 0. The van der Waals surface area contributed by atoms with E-state index in [-0.39, 0.29) is 5.03 Å². The third kappa shape index (κ3) is 1.95. The molecule has 0 fully saturated rings. The molecule has 1 aromatic heterocycles. The van der Waals surface area contributed by atoms with Gasteiger partial charge in [-0.3, -0.25) is 0 Å². The van der Waals surface area contributed by atoms with Crippen LogP contribution in [0.3, 0.4) is 0 Å². The van der Waals surface area contributed by atoms with Crippen molar-refractivity contribution in [2.24, 2.45) is 5.14 Å². The number of halogens is 1. The lowest BCUT2D eigenvalue weighted by atomic mass is 10.3. The third-order valence-corrected chi connectivity index (χ3v) is 2.84. The Morgan fingerprint density at radius 2 is 2.06 bits per heavy atom. The van der Waals surface area contributed by atoms with Gasteiger partial charge in [-0.2, -0.15) is 5.10 Å². The third-order valence-electron chi connectivity index (χ3n) is 1.95. The van der Waals surface area contributed by atoms with Crippen molar-refractivity contribution in [1.82, 2.24) is 9.78 Å². The number of hydrogen-bond acceptors (Lipinski definition) is 3.